The standard InChI is InChI=1S/C18H19NO3S/c1-3-19-13-7-5-6-8-15(13)23-16-11-12(9-10-14(16)19)17(20)18(21)22-4-2/h5-11,17,20H,3-4H2,1-2H3/t17-/m1/s1. The van der Waals surface area contributed by atoms with Crippen LogP contribution in [0.15, 0.2) is 52.3 Å². The predicted molar refractivity (Wildman–Crippen MR) is 91.3 cm³/mol. The Bertz CT molecular complexity index is 732. The van der Waals surface area contributed by atoms with Crippen LogP contribution in [-0.4, -0.2) is 24.2 Å². The number of nitrogens with zero attached hydrogens (tertiary/aromatic N) is 1. The second-order valence-electron chi connectivity index (χ2n) is 5.20. The summed E-state index contributed by atoms with van der Waals surface area (Å²) < 4.78 is 4.89. The monoisotopic (exact) mass is 329 g/mol. The Kier molecular flexibility index (Phi) is 4.59. The highest BCUT2D eigenvalue weighted by molar-refractivity contribution is 7.99. The first-order chi connectivity index (χ1) is 11.2. The van der Waals surface area contributed by atoms with Crippen LogP contribution in [0.2, 0.25) is 0 Å². The number of esters is 1. The van der Waals surface area contributed by atoms with E-state index in [1.807, 2.05) is 24.3 Å². The van der Waals surface area contributed by atoms with E-state index >= 15 is 0 Å². The van der Waals surface area contributed by atoms with Crippen LogP contribution in [0.4, 0.5) is 11.4 Å². The van der Waals surface area contributed by atoms with Crippen LogP contribution in [-0.2, 0) is 9.53 Å². The van der Waals surface area contributed by atoms with Crippen LogP contribution in [0.5, 0.6) is 0 Å². The molecular formula is C18H19NO3S. The number of aliphatic hydroxyl groups excluding tert-OH is 1. The molecule has 0 unspecified atom stereocenters. The van der Waals surface area contributed by atoms with Gasteiger partial charge in [0.05, 0.1) is 18.0 Å². The van der Waals surface area contributed by atoms with E-state index in [2.05, 4.69) is 24.0 Å². The molecule has 0 saturated heterocycles. The Morgan fingerprint density at radius 2 is 1.91 bits per heavy atom. The van der Waals surface area contributed by atoms with E-state index in [1.165, 1.54) is 10.6 Å². The first-order valence-electron chi connectivity index (χ1n) is 7.68. The smallest absolute Gasteiger partial charge is 0.339 e. The molecule has 0 radical (unpaired) electrons. The summed E-state index contributed by atoms with van der Waals surface area (Å²) in [6.45, 7) is 4.94. The van der Waals surface area contributed by atoms with Crippen molar-refractivity contribution in [2.75, 3.05) is 18.1 Å². The lowest BCUT2D eigenvalue weighted by atomic mass is 10.1. The third kappa shape index (κ3) is 2.94. The van der Waals surface area contributed by atoms with Crippen molar-refractivity contribution in [1.29, 1.82) is 0 Å². The molecule has 1 atom stereocenters. The highest BCUT2D eigenvalue weighted by Gasteiger charge is 2.25. The SMILES string of the molecule is CCOC(=O)[C@H](O)c1ccc2c(c1)Sc1ccccc1N2CC. The van der Waals surface area contributed by atoms with Gasteiger partial charge >= 0.3 is 5.97 Å². The Hall–Kier alpha value is -1.98. The van der Waals surface area contributed by atoms with E-state index in [4.69, 9.17) is 4.74 Å². The third-order valence-corrected chi connectivity index (χ3v) is 4.90. The van der Waals surface area contributed by atoms with E-state index in [9.17, 15) is 9.90 Å². The first-order valence-corrected chi connectivity index (χ1v) is 8.50. The second-order valence-corrected chi connectivity index (χ2v) is 6.28. The molecule has 5 heteroatoms. The maximum Gasteiger partial charge on any atom is 0.339 e. The quantitative estimate of drug-likeness (QED) is 0.862. The Balaban J connectivity index is 1.97. The Morgan fingerprint density at radius 1 is 1.17 bits per heavy atom. The molecule has 0 fully saturated rings. The number of anilines is 2. The van der Waals surface area contributed by atoms with Gasteiger partial charge in [-0.25, -0.2) is 4.79 Å². The number of benzene rings is 2. The number of aliphatic hydroxyl groups is 1. The Labute approximate surface area is 140 Å². The van der Waals surface area contributed by atoms with Crippen molar-refractivity contribution in [3.05, 3.63) is 48.0 Å². The maximum absolute atomic E-state index is 11.7. The number of carbonyl (C=O) groups excluding carboxylic acids is 1. The van der Waals surface area contributed by atoms with Crippen molar-refractivity contribution in [3.8, 4) is 0 Å². The van der Waals surface area contributed by atoms with E-state index in [0.29, 0.717) is 5.56 Å². The van der Waals surface area contributed by atoms with Crippen molar-refractivity contribution in [2.45, 2.75) is 29.7 Å². The van der Waals surface area contributed by atoms with E-state index in [1.54, 1.807) is 24.8 Å². The van der Waals surface area contributed by atoms with Gasteiger partial charge < -0.3 is 14.7 Å². The van der Waals surface area contributed by atoms with Gasteiger partial charge in [-0.15, -0.1) is 0 Å². The highest BCUT2D eigenvalue weighted by Crippen LogP contribution is 2.48. The van der Waals surface area contributed by atoms with E-state index < -0.39 is 12.1 Å². The second kappa shape index (κ2) is 6.64. The van der Waals surface area contributed by atoms with Gasteiger partial charge in [0.25, 0.3) is 0 Å². The molecule has 0 aromatic heterocycles. The zero-order chi connectivity index (χ0) is 16.4. The number of ether oxygens (including phenoxy) is 1. The summed E-state index contributed by atoms with van der Waals surface area (Å²) in [6, 6.07) is 13.9. The topological polar surface area (TPSA) is 49.8 Å². The number of rotatable bonds is 4. The summed E-state index contributed by atoms with van der Waals surface area (Å²) in [7, 11) is 0. The summed E-state index contributed by atoms with van der Waals surface area (Å²) in [5, 5.41) is 10.1. The summed E-state index contributed by atoms with van der Waals surface area (Å²) in [5.74, 6) is -0.610. The minimum atomic E-state index is -1.24. The summed E-state index contributed by atoms with van der Waals surface area (Å²) in [6.07, 6.45) is -1.24. The van der Waals surface area contributed by atoms with Crippen molar-refractivity contribution in [3.63, 3.8) is 0 Å². The van der Waals surface area contributed by atoms with E-state index in [-0.39, 0.29) is 6.61 Å². The molecule has 2 aromatic carbocycles. The highest BCUT2D eigenvalue weighted by atomic mass is 32.2. The van der Waals surface area contributed by atoms with E-state index in [0.717, 1.165) is 17.1 Å². The average molecular weight is 329 g/mol. The van der Waals surface area contributed by atoms with Crippen molar-refractivity contribution in [1.82, 2.24) is 0 Å². The molecule has 2 aromatic rings. The average Bonchev–Trinajstić information content (AvgIpc) is 2.58. The van der Waals surface area contributed by atoms with Gasteiger partial charge in [0.2, 0.25) is 0 Å². The molecular weight excluding hydrogens is 310 g/mol. The third-order valence-electron chi connectivity index (χ3n) is 3.79. The molecule has 0 saturated carbocycles. The van der Waals surface area contributed by atoms with Crippen LogP contribution >= 0.6 is 11.8 Å². The largest absolute Gasteiger partial charge is 0.464 e. The van der Waals surface area contributed by atoms with Gasteiger partial charge in [-0.3, -0.25) is 0 Å². The fourth-order valence-corrected chi connectivity index (χ4v) is 3.86. The number of carbonyl (C=O) groups is 1. The molecule has 4 nitrogen and oxygen atoms in total. The van der Waals surface area contributed by atoms with Crippen LogP contribution in [0.25, 0.3) is 0 Å². The van der Waals surface area contributed by atoms with Crippen molar-refractivity contribution in [2.24, 2.45) is 0 Å². The van der Waals surface area contributed by atoms with Crippen LogP contribution in [0.3, 0.4) is 0 Å². The molecule has 0 spiro atoms. The normalized spacial score (nSPS) is 14.0. The predicted octanol–water partition coefficient (Wildman–Crippen LogP) is 3.91. The van der Waals surface area contributed by atoms with Gasteiger partial charge in [-0.1, -0.05) is 30.0 Å². The fraction of sp³-hybridized carbons (Fsp3) is 0.278. The van der Waals surface area contributed by atoms with Gasteiger partial charge in [0.1, 0.15) is 0 Å². The zero-order valence-corrected chi connectivity index (χ0v) is 14.0. The Morgan fingerprint density at radius 3 is 2.65 bits per heavy atom. The molecule has 0 aliphatic carbocycles. The van der Waals surface area contributed by atoms with Gasteiger partial charge in [0, 0.05) is 16.3 Å². The summed E-state index contributed by atoms with van der Waals surface area (Å²) in [5.41, 5.74) is 2.84. The molecule has 120 valence electrons. The van der Waals surface area contributed by atoms with Gasteiger partial charge in [-0.2, -0.15) is 0 Å². The maximum atomic E-state index is 11.7. The van der Waals surface area contributed by atoms with Crippen molar-refractivity contribution >= 4 is 29.1 Å². The van der Waals surface area contributed by atoms with Crippen LogP contribution in [0, 0.1) is 0 Å². The molecule has 1 N–H and O–H groups in total. The number of para-hydroxylation sites is 1. The van der Waals surface area contributed by atoms with Gasteiger partial charge in [-0.05, 0) is 43.7 Å². The molecule has 1 heterocycles. The molecule has 0 amide bonds. The summed E-state index contributed by atoms with van der Waals surface area (Å²) >= 11 is 1.65. The molecule has 1 aliphatic rings. The summed E-state index contributed by atoms with van der Waals surface area (Å²) in [4.78, 5) is 16.2. The van der Waals surface area contributed by atoms with Crippen LogP contribution < -0.4 is 4.90 Å². The zero-order valence-electron chi connectivity index (χ0n) is 13.2. The number of hydrogen-bond acceptors (Lipinski definition) is 5. The minimum absolute atomic E-state index is 0.257. The number of hydrogen-bond donors (Lipinski definition) is 1. The lowest BCUT2D eigenvalue weighted by Crippen LogP contribution is -2.21. The minimum Gasteiger partial charge on any atom is -0.464 e. The van der Waals surface area contributed by atoms with Crippen LogP contribution in [0.1, 0.15) is 25.5 Å². The molecule has 23 heavy (non-hydrogen) atoms. The number of fused-ring (bicyclic) bond motifs is 2. The molecule has 0 bridgehead atoms. The van der Waals surface area contributed by atoms with Crippen molar-refractivity contribution < 1.29 is 14.6 Å². The molecule has 1 aliphatic heterocycles. The lowest BCUT2D eigenvalue weighted by Gasteiger charge is -2.32. The first kappa shape index (κ1) is 15.9. The lowest BCUT2D eigenvalue weighted by molar-refractivity contribution is -0.153. The molecule has 3 rings (SSSR count). The fourth-order valence-electron chi connectivity index (χ4n) is 2.72. The van der Waals surface area contributed by atoms with Gasteiger partial charge in [0.15, 0.2) is 6.10 Å².